The highest BCUT2D eigenvalue weighted by molar-refractivity contribution is 8.15. The first kappa shape index (κ1) is 26.0. The number of nitrogens with zero attached hydrogens (tertiary/aromatic N) is 4. The van der Waals surface area contributed by atoms with Crippen LogP contribution in [-0.4, -0.2) is 44.5 Å². The Morgan fingerprint density at radius 3 is 2.79 bits per heavy atom. The molecule has 1 saturated carbocycles. The molecule has 0 radical (unpaired) electrons. The topological polar surface area (TPSA) is 138 Å². The minimum atomic E-state index is -1.16. The number of methoxy groups -OCH3 is 1. The molecular formula is C25H26F2N6O4S. The first-order valence-corrected chi connectivity index (χ1v) is 12.6. The van der Waals surface area contributed by atoms with Crippen molar-refractivity contribution >= 4 is 28.5 Å². The lowest BCUT2D eigenvalue weighted by atomic mass is 9.84. The molecule has 1 aliphatic carbocycles. The summed E-state index contributed by atoms with van der Waals surface area (Å²) >= 11 is 1.40. The van der Waals surface area contributed by atoms with Crippen LogP contribution in [0.3, 0.4) is 0 Å². The number of aryl methyl sites for hydroxylation is 1. The van der Waals surface area contributed by atoms with E-state index in [4.69, 9.17) is 19.6 Å². The van der Waals surface area contributed by atoms with E-state index in [0.29, 0.717) is 12.5 Å². The van der Waals surface area contributed by atoms with Crippen molar-refractivity contribution in [2.45, 2.75) is 37.7 Å². The number of aromatic nitrogens is 3. The van der Waals surface area contributed by atoms with Crippen LogP contribution < -0.4 is 15.8 Å². The van der Waals surface area contributed by atoms with Gasteiger partial charge in [-0.05, 0) is 25.8 Å². The van der Waals surface area contributed by atoms with Crippen LogP contribution in [0, 0.1) is 30.4 Å². The molecule has 3 aromatic rings. The number of rotatable bonds is 8. The summed E-state index contributed by atoms with van der Waals surface area (Å²) in [6.07, 6.45) is 4.19. The lowest BCUT2D eigenvalue weighted by molar-refractivity contribution is 0.102. The van der Waals surface area contributed by atoms with E-state index in [0.717, 1.165) is 6.07 Å². The number of anilines is 1. The highest BCUT2D eigenvalue weighted by Gasteiger charge is 2.72. The molecule has 200 valence electrons. The standard InChI is InChI=1S/C25H26F2N6O4S/c1-12-21-24(3,33-23(28)38-25(12,21)11-35-4)15-7-14(8-16(26)19(15)27)32-22(34)20-13(2)31-17(9-30-20)37-10-18-29-5-6-36-18/h5-9,12,21H,10-11H2,1-4H3,(H2,28,33)(H,32,34)/t12?,21?,24-,25+/m1/s1. The number of amidine groups is 1. The second kappa shape index (κ2) is 9.62. The van der Waals surface area contributed by atoms with Gasteiger partial charge in [-0.2, -0.15) is 0 Å². The fourth-order valence-electron chi connectivity index (χ4n) is 5.37. The first-order valence-electron chi connectivity index (χ1n) is 11.8. The molecule has 3 heterocycles. The maximum absolute atomic E-state index is 15.2. The molecule has 2 aromatic heterocycles. The van der Waals surface area contributed by atoms with Crippen molar-refractivity contribution in [3.05, 3.63) is 65.3 Å². The number of nitrogens with one attached hydrogen (secondary N) is 1. The van der Waals surface area contributed by atoms with E-state index in [9.17, 15) is 9.18 Å². The molecular weight excluding hydrogens is 518 g/mol. The minimum absolute atomic E-state index is 0.00257. The van der Waals surface area contributed by atoms with Crippen molar-refractivity contribution in [1.82, 2.24) is 15.0 Å². The number of oxazole rings is 1. The van der Waals surface area contributed by atoms with Gasteiger partial charge in [-0.25, -0.2) is 23.7 Å². The van der Waals surface area contributed by atoms with Crippen LogP contribution >= 0.6 is 11.8 Å². The van der Waals surface area contributed by atoms with Crippen molar-refractivity contribution in [2.75, 3.05) is 19.0 Å². The molecule has 1 aliphatic heterocycles. The Bertz CT molecular complexity index is 1420. The van der Waals surface area contributed by atoms with Gasteiger partial charge in [0.1, 0.15) is 12.0 Å². The highest BCUT2D eigenvalue weighted by atomic mass is 32.2. The number of carbonyl (C=O) groups is 1. The Balaban J connectivity index is 1.39. The van der Waals surface area contributed by atoms with Gasteiger partial charge in [0.05, 0.1) is 35.0 Å². The van der Waals surface area contributed by atoms with Crippen LogP contribution in [-0.2, 0) is 16.9 Å². The Morgan fingerprint density at radius 1 is 1.32 bits per heavy atom. The number of halogens is 2. The van der Waals surface area contributed by atoms with E-state index in [1.165, 1.54) is 36.5 Å². The molecule has 0 saturated heterocycles. The summed E-state index contributed by atoms with van der Waals surface area (Å²) in [5.74, 6) is -2.33. The summed E-state index contributed by atoms with van der Waals surface area (Å²) < 4.78 is 45.7. The van der Waals surface area contributed by atoms with Crippen LogP contribution in [0.2, 0.25) is 0 Å². The zero-order valence-corrected chi connectivity index (χ0v) is 21.9. The van der Waals surface area contributed by atoms with Gasteiger partial charge in [-0.3, -0.25) is 9.79 Å². The SMILES string of the molecule is COC[C@@]12SC(N)=N[C@](C)(c3cc(NC(=O)c4ncc(OCc5ncco5)nc4C)cc(F)c3F)C1C2C. The van der Waals surface area contributed by atoms with E-state index >= 15 is 4.39 Å². The Kier molecular flexibility index (Phi) is 6.59. The average molecular weight is 545 g/mol. The fraction of sp³-hybridized carbons (Fsp3) is 0.400. The van der Waals surface area contributed by atoms with Gasteiger partial charge >= 0.3 is 0 Å². The van der Waals surface area contributed by atoms with Crippen LogP contribution in [0.15, 0.2) is 40.2 Å². The molecule has 1 fully saturated rings. The predicted molar refractivity (Wildman–Crippen MR) is 136 cm³/mol. The average Bonchev–Trinajstić information content (AvgIpc) is 3.18. The van der Waals surface area contributed by atoms with Crippen LogP contribution in [0.5, 0.6) is 5.88 Å². The van der Waals surface area contributed by atoms with Gasteiger partial charge in [0.15, 0.2) is 23.4 Å². The van der Waals surface area contributed by atoms with Crippen molar-refractivity contribution in [1.29, 1.82) is 0 Å². The molecule has 0 spiro atoms. The maximum Gasteiger partial charge on any atom is 0.276 e. The third-order valence-corrected chi connectivity index (χ3v) is 8.52. The third kappa shape index (κ3) is 4.39. The van der Waals surface area contributed by atoms with E-state index < -0.39 is 23.1 Å². The molecule has 1 aromatic carbocycles. The molecule has 1 amide bonds. The number of nitrogens with two attached hydrogens (primary N) is 1. The molecule has 3 N–H and O–H groups in total. The number of fused-ring (bicyclic) bond motifs is 1. The van der Waals surface area contributed by atoms with Crippen molar-refractivity contribution in [2.24, 2.45) is 22.6 Å². The quantitative estimate of drug-likeness (QED) is 0.434. The zero-order chi connectivity index (χ0) is 27.2. The fourth-order valence-corrected chi connectivity index (χ4v) is 6.99. The largest absolute Gasteiger partial charge is 0.467 e. The van der Waals surface area contributed by atoms with Gasteiger partial charge in [-0.1, -0.05) is 18.7 Å². The maximum atomic E-state index is 15.2. The Labute approximate surface area is 221 Å². The van der Waals surface area contributed by atoms with Gasteiger partial charge in [-0.15, -0.1) is 0 Å². The van der Waals surface area contributed by atoms with E-state index in [-0.39, 0.29) is 56.9 Å². The molecule has 13 heteroatoms. The van der Waals surface area contributed by atoms with E-state index in [2.05, 4.69) is 25.3 Å². The lowest BCUT2D eigenvalue weighted by Crippen LogP contribution is -2.38. The summed E-state index contributed by atoms with van der Waals surface area (Å²) in [6, 6.07) is 2.31. The van der Waals surface area contributed by atoms with Gasteiger partial charge in [0.2, 0.25) is 11.8 Å². The van der Waals surface area contributed by atoms with Crippen LogP contribution in [0.1, 0.15) is 41.5 Å². The smallest absolute Gasteiger partial charge is 0.276 e. The summed E-state index contributed by atoms with van der Waals surface area (Å²) in [4.78, 5) is 29.9. The number of benzene rings is 1. The van der Waals surface area contributed by atoms with Crippen molar-refractivity contribution in [3.63, 3.8) is 0 Å². The predicted octanol–water partition coefficient (Wildman–Crippen LogP) is 3.81. The number of thioether (sulfide) groups is 1. The Morgan fingerprint density at radius 2 is 2.11 bits per heavy atom. The number of aliphatic imine (C=N–C) groups is 1. The molecule has 4 atom stereocenters. The van der Waals surface area contributed by atoms with Crippen molar-refractivity contribution in [3.8, 4) is 5.88 Å². The second-order valence-corrected chi connectivity index (χ2v) is 10.9. The first-order chi connectivity index (χ1) is 18.1. The number of amides is 1. The monoisotopic (exact) mass is 544 g/mol. The number of hydrogen-bond donors (Lipinski definition) is 2. The molecule has 2 aliphatic rings. The van der Waals surface area contributed by atoms with Gasteiger partial charge < -0.3 is 24.9 Å². The minimum Gasteiger partial charge on any atom is -0.467 e. The van der Waals surface area contributed by atoms with Gasteiger partial charge in [0, 0.05) is 30.3 Å². The zero-order valence-electron chi connectivity index (χ0n) is 21.1. The Hall–Kier alpha value is -3.58. The normalized spacial score (nSPS) is 25.9. The summed E-state index contributed by atoms with van der Waals surface area (Å²) in [5.41, 5.74) is 5.31. The molecule has 5 rings (SSSR count). The van der Waals surface area contributed by atoms with E-state index in [1.54, 1.807) is 21.0 Å². The second-order valence-electron chi connectivity index (χ2n) is 9.48. The molecule has 10 nitrogen and oxygen atoms in total. The number of carbonyl (C=O) groups excluding carboxylic acids is 1. The summed E-state index contributed by atoms with van der Waals surface area (Å²) in [5, 5.41) is 2.87. The van der Waals surface area contributed by atoms with E-state index in [1.807, 2.05) is 6.92 Å². The number of ether oxygens (including phenoxy) is 2. The molecule has 38 heavy (non-hydrogen) atoms. The van der Waals surface area contributed by atoms with Crippen molar-refractivity contribution < 1.29 is 27.5 Å². The number of hydrogen-bond acceptors (Lipinski definition) is 10. The highest BCUT2D eigenvalue weighted by Crippen LogP contribution is 2.69. The molecule has 0 bridgehead atoms. The third-order valence-electron chi connectivity index (χ3n) is 7.10. The van der Waals surface area contributed by atoms with Crippen LogP contribution in [0.4, 0.5) is 14.5 Å². The summed E-state index contributed by atoms with van der Waals surface area (Å²) in [7, 11) is 1.59. The van der Waals surface area contributed by atoms with Gasteiger partial charge in [0.25, 0.3) is 5.91 Å². The lowest BCUT2D eigenvalue weighted by Gasteiger charge is -2.34. The van der Waals surface area contributed by atoms with Crippen LogP contribution in [0.25, 0.3) is 0 Å². The molecule has 2 unspecified atom stereocenters. The summed E-state index contributed by atoms with van der Waals surface area (Å²) in [6.45, 7) is 5.77.